The van der Waals surface area contributed by atoms with Crippen molar-refractivity contribution in [3.05, 3.63) is 47.3 Å². The van der Waals surface area contributed by atoms with Crippen molar-refractivity contribution >= 4 is 17.7 Å². The van der Waals surface area contributed by atoms with E-state index in [1.165, 1.54) is 23.9 Å². The summed E-state index contributed by atoms with van der Waals surface area (Å²) in [5.41, 5.74) is -0.542. The smallest absolute Gasteiger partial charge is 0.381 e. The van der Waals surface area contributed by atoms with Crippen LogP contribution in [0.5, 0.6) is 0 Å². The summed E-state index contributed by atoms with van der Waals surface area (Å²) >= 11 is 1.18. The Labute approximate surface area is 152 Å². The monoisotopic (exact) mass is 386 g/mol. The second-order valence-corrected chi connectivity index (χ2v) is 6.98. The highest BCUT2D eigenvalue weighted by Gasteiger charge is 2.30. The minimum absolute atomic E-state index is 0.156. The third-order valence-corrected chi connectivity index (χ3v) is 4.93. The predicted octanol–water partition coefficient (Wildman–Crippen LogP) is 3.75. The number of nitrogens with zero attached hydrogens (tertiary/aromatic N) is 1. The minimum Gasteiger partial charge on any atom is -0.381 e. The maximum Gasteiger partial charge on any atom is 0.416 e. The molecule has 0 spiro atoms. The number of carbonyl (C=O) groups is 1. The van der Waals surface area contributed by atoms with Gasteiger partial charge in [0.1, 0.15) is 5.76 Å². The first kappa shape index (κ1) is 18.8. The summed E-state index contributed by atoms with van der Waals surface area (Å²) < 4.78 is 48.5. The Bertz CT molecular complexity index is 758. The third kappa shape index (κ3) is 5.01. The highest BCUT2D eigenvalue weighted by molar-refractivity contribution is 7.98. The van der Waals surface area contributed by atoms with Crippen LogP contribution >= 0.6 is 11.8 Å². The number of aromatic nitrogens is 1. The standard InChI is InChI=1S/C17H17F3N2O3S/c18-17(19,20)12-2-1-3-14(6-12)26-10-13-7-15(22-25-13)16(23)21-8-11-4-5-24-9-11/h1-3,6-7,11H,4-5,8-10H2,(H,21,23). The molecule has 9 heteroatoms. The van der Waals surface area contributed by atoms with Gasteiger partial charge < -0.3 is 14.6 Å². The molecule has 1 unspecified atom stereocenters. The Morgan fingerprint density at radius 2 is 2.19 bits per heavy atom. The molecular formula is C17H17F3N2O3S. The minimum atomic E-state index is -4.38. The van der Waals surface area contributed by atoms with Gasteiger partial charge in [-0.2, -0.15) is 13.2 Å². The lowest BCUT2D eigenvalue weighted by atomic mass is 10.1. The van der Waals surface area contributed by atoms with Crippen molar-refractivity contribution in [1.29, 1.82) is 0 Å². The number of hydrogen-bond donors (Lipinski definition) is 1. The number of thioether (sulfide) groups is 1. The fourth-order valence-electron chi connectivity index (χ4n) is 2.48. The fraction of sp³-hybridized carbons (Fsp3) is 0.412. The van der Waals surface area contributed by atoms with Crippen LogP contribution in [0.15, 0.2) is 39.8 Å². The van der Waals surface area contributed by atoms with E-state index in [0.717, 1.165) is 18.6 Å². The largest absolute Gasteiger partial charge is 0.416 e. The van der Waals surface area contributed by atoms with Crippen LogP contribution in [-0.4, -0.2) is 30.8 Å². The Hall–Kier alpha value is -2.00. The fourth-order valence-corrected chi connectivity index (χ4v) is 3.31. The van der Waals surface area contributed by atoms with Crippen LogP contribution in [0.1, 0.15) is 28.2 Å². The zero-order valence-corrected chi connectivity index (χ0v) is 14.5. The molecule has 1 amide bonds. The zero-order valence-electron chi connectivity index (χ0n) is 13.7. The number of benzene rings is 1. The molecule has 0 saturated carbocycles. The Kier molecular flexibility index (Phi) is 5.87. The van der Waals surface area contributed by atoms with Crippen LogP contribution < -0.4 is 5.32 Å². The van der Waals surface area contributed by atoms with Crippen molar-refractivity contribution < 1.29 is 27.2 Å². The van der Waals surface area contributed by atoms with Crippen molar-refractivity contribution in [3.8, 4) is 0 Å². The van der Waals surface area contributed by atoms with Crippen molar-refractivity contribution in [2.24, 2.45) is 5.92 Å². The Morgan fingerprint density at radius 3 is 2.92 bits per heavy atom. The maximum atomic E-state index is 12.7. The Balaban J connectivity index is 1.52. The second-order valence-electron chi connectivity index (χ2n) is 5.93. The van der Waals surface area contributed by atoms with Gasteiger partial charge in [0.2, 0.25) is 0 Å². The van der Waals surface area contributed by atoms with Crippen molar-refractivity contribution in [3.63, 3.8) is 0 Å². The predicted molar refractivity (Wildman–Crippen MR) is 88.8 cm³/mol. The molecule has 2 heterocycles. The number of halogens is 3. The average Bonchev–Trinajstić information content (AvgIpc) is 3.29. The molecule has 1 aromatic heterocycles. The number of amides is 1. The second kappa shape index (κ2) is 8.13. The molecule has 1 aliphatic rings. The van der Waals surface area contributed by atoms with Gasteiger partial charge in [-0.25, -0.2) is 0 Å². The molecule has 1 atom stereocenters. The molecule has 1 aromatic carbocycles. The van der Waals surface area contributed by atoms with Gasteiger partial charge in [-0.15, -0.1) is 11.8 Å². The maximum absolute atomic E-state index is 12.7. The molecular weight excluding hydrogens is 369 g/mol. The quantitative estimate of drug-likeness (QED) is 0.766. The number of rotatable bonds is 6. The average molecular weight is 386 g/mol. The molecule has 140 valence electrons. The van der Waals surface area contributed by atoms with E-state index in [1.807, 2.05) is 0 Å². The number of carbonyl (C=O) groups excluding carboxylic acids is 1. The van der Waals surface area contributed by atoms with Crippen molar-refractivity contribution in [2.45, 2.75) is 23.2 Å². The highest BCUT2D eigenvalue weighted by Crippen LogP contribution is 2.32. The lowest BCUT2D eigenvalue weighted by molar-refractivity contribution is -0.137. The summed E-state index contributed by atoms with van der Waals surface area (Å²) in [6.07, 6.45) is -3.46. The summed E-state index contributed by atoms with van der Waals surface area (Å²) in [7, 11) is 0. The lowest BCUT2D eigenvalue weighted by Crippen LogP contribution is -2.29. The number of hydrogen-bond acceptors (Lipinski definition) is 5. The summed E-state index contributed by atoms with van der Waals surface area (Å²) in [6, 6.07) is 6.56. The number of nitrogens with one attached hydrogen (secondary N) is 1. The summed E-state index contributed by atoms with van der Waals surface area (Å²) in [6.45, 7) is 1.86. The molecule has 0 radical (unpaired) electrons. The summed E-state index contributed by atoms with van der Waals surface area (Å²) in [4.78, 5) is 12.5. The van der Waals surface area contributed by atoms with E-state index in [4.69, 9.17) is 9.26 Å². The van der Waals surface area contributed by atoms with Crippen LogP contribution in [-0.2, 0) is 16.7 Å². The first-order chi connectivity index (χ1) is 12.4. The molecule has 1 N–H and O–H groups in total. The number of alkyl halides is 3. The van der Waals surface area contributed by atoms with Crippen LogP contribution in [0.4, 0.5) is 13.2 Å². The first-order valence-corrected chi connectivity index (χ1v) is 9.02. The van der Waals surface area contributed by atoms with Crippen molar-refractivity contribution in [1.82, 2.24) is 10.5 Å². The van der Waals surface area contributed by atoms with Crippen LogP contribution in [0, 0.1) is 5.92 Å². The molecule has 1 fully saturated rings. The van der Waals surface area contributed by atoms with Gasteiger partial charge in [-0.1, -0.05) is 11.2 Å². The Morgan fingerprint density at radius 1 is 1.35 bits per heavy atom. The number of ether oxygens (including phenoxy) is 1. The molecule has 26 heavy (non-hydrogen) atoms. The van der Waals surface area contributed by atoms with E-state index in [2.05, 4.69) is 10.5 Å². The molecule has 2 aromatic rings. The highest BCUT2D eigenvalue weighted by atomic mass is 32.2. The molecule has 1 aliphatic heterocycles. The lowest BCUT2D eigenvalue weighted by Gasteiger charge is -2.07. The van der Waals surface area contributed by atoms with E-state index >= 15 is 0 Å². The van der Waals surface area contributed by atoms with Gasteiger partial charge >= 0.3 is 6.18 Å². The molecule has 1 saturated heterocycles. The van der Waals surface area contributed by atoms with E-state index in [9.17, 15) is 18.0 Å². The zero-order chi connectivity index (χ0) is 18.6. The summed E-state index contributed by atoms with van der Waals surface area (Å²) in [5.74, 6) is 0.664. The summed E-state index contributed by atoms with van der Waals surface area (Å²) in [5, 5.41) is 6.50. The third-order valence-electron chi connectivity index (χ3n) is 3.91. The van der Waals surface area contributed by atoms with Crippen LogP contribution in [0.3, 0.4) is 0 Å². The SMILES string of the molecule is O=C(NCC1CCOC1)c1cc(CSc2cccc(C(F)(F)F)c2)on1. The molecule has 0 aliphatic carbocycles. The van der Waals surface area contributed by atoms with Gasteiger partial charge in [0.05, 0.1) is 17.9 Å². The van der Waals surface area contributed by atoms with E-state index in [-0.39, 0.29) is 17.4 Å². The molecule has 5 nitrogen and oxygen atoms in total. The van der Waals surface area contributed by atoms with Crippen molar-refractivity contribution in [2.75, 3.05) is 19.8 Å². The van der Waals surface area contributed by atoms with Gasteiger partial charge in [-0.05, 0) is 24.6 Å². The van der Waals surface area contributed by atoms with E-state index < -0.39 is 11.7 Å². The molecule has 3 rings (SSSR count). The topological polar surface area (TPSA) is 64.4 Å². The first-order valence-electron chi connectivity index (χ1n) is 8.03. The van der Waals surface area contributed by atoms with E-state index in [1.54, 1.807) is 6.07 Å². The van der Waals surface area contributed by atoms with Crippen LogP contribution in [0.2, 0.25) is 0 Å². The van der Waals surface area contributed by atoms with Crippen LogP contribution in [0.25, 0.3) is 0 Å². The normalized spacial score (nSPS) is 17.4. The van der Waals surface area contributed by atoms with Gasteiger partial charge in [0.25, 0.3) is 5.91 Å². The van der Waals surface area contributed by atoms with Gasteiger partial charge in [0.15, 0.2) is 5.69 Å². The van der Waals surface area contributed by atoms with Gasteiger partial charge in [0, 0.05) is 30.0 Å². The van der Waals surface area contributed by atoms with Gasteiger partial charge in [-0.3, -0.25) is 4.79 Å². The molecule has 0 bridgehead atoms. The van der Waals surface area contributed by atoms with E-state index in [0.29, 0.717) is 36.3 Å².